The first-order chi connectivity index (χ1) is 8.34. The maximum atomic E-state index is 5.75. The van der Waals surface area contributed by atoms with Gasteiger partial charge in [-0.25, -0.2) is 5.48 Å². The Balaban J connectivity index is 1.61. The zero-order valence-electron chi connectivity index (χ0n) is 9.34. The molecule has 0 aliphatic carbocycles. The van der Waals surface area contributed by atoms with Gasteiger partial charge in [-0.15, -0.1) is 0 Å². The van der Waals surface area contributed by atoms with Crippen molar-refractivity contribution in [3.63, 3.8) is 0 Å². The third kappa shape index (κ3) is 4.19. The minimum atomic E-state index is 0.556. The van der Waals surface area contributed by atoms with Gasteiger partial charge in [0.15, 0.2) is 0 Å². The summed E-state index contributed by atoms with van der Waals surface area (Å²) in [5.74, 6) is 0. The van der Waals surface area contributed by atoms with Gasteiger partial charge in [0.05, 0.1) is 24.4 Å². The minimum Gasteiger partial charge on any atom is -0.297 e. The highest BCUT2D eigenvalue weighted by atomic mass is 35.5. The second-order valence-electron chi connectivity index (χ2n) is 3.59. The van der Waals surface area contributed by atoms with Crippen LogP contribution in [-0.2, 0) is 18.0 Å². The first-order valence-corrected chi connectivity index (χ1v) is 5.79. The molecule has 4 nitrogen and oxygen atoms in total. The van der Waals surface area contributed by atoms with Crippen molar-refractivity contribution in [2.75, 3.05) is 6.54 Å². The number of nitrogens with zero attached hydrogens (tertiary/aromatic N) is 2. The molecule has 1 N–H and O–H groups in total. The molecule has 0 radical (unpaired) electrons. The van der Waals surface area contributed by atoms with Crippen LogP contribution in [0.4, 0.5) is 0 Å². The maximum Gasteiger partial charge on any atom is 0.0933 e. The molecule has 1 aromatic heterocycles. The van der Waals surface area contributed by atoms with Crippen LogP contribution in [-0.4, -0.2) is 16.3 Å². The molecule has 0 aliphatic heterocycles. The van der Waals surface area contributed by atoms with Crippen LogP contribution in [0.1, 0.15) is 5.56 Å². The maximum absolute atomic E-state index is 5.75. The molecule has 2 rings (SSSR count). The first-order valence-electron chi connectivity index (χ1n) is 5.41. The van der Waals surface area contributed by atoms with Crippen molar-refractivity contribution in [3.05, 3.63) is 53.3 Å². The third-order valence-electron chi connectivity index (χ3n) is 2.23. The van der Waals surface area contributed by atoms with Crippen molar-refractivity contribution < 1.29 is 4.84 Å². The Kier molecular flexibility index (Phi) is 4.55. The van der Waals surface area contributed by atoms with Gasteiger partial charge in [-0.1, -0.05) is 41.9 Å². The number of nitrogens with one attached hydrogen (secondary N) is 1. The van der Waals surface area contributed by atoms with Gasteiger partial charge in [0.25, 0.3) is 0 Å². The van der Waals surface area contributed by atoms with E-state index < -0.39 is 0 Å². The fourth-order valence-corrected chi connectivity index (χ4v) is 1.56. The summed E-state index contributed by atoms with van der Waals surface area (Å²) in [6.45, 7) is 1.97. The minimum absolute atomic E-state index is 0.556. The molecule has 17 heavy (non-hydrogen) atoms. The van der Waals surface area contributed by atoms with E-state index in [-0.39, 0.29) is 0 Å². The summed E-state index contributed by atoms with van der Waals surface area (Å²) in [5, 5.41) is 4.71. The van der Waals surface area contributed by atoms with Gasteiger partial charge in [-0.05, 0) is 5.56 Å². The van der Waals surface area contributed by atoms with E-state index in [2.05, 4.69) is 10.6 Å². The number of hydrogen-bond acceptors (Lipinski definition) is 3. The van der Waals surface area contributed by atoms with E-state index in [1.807, 2.05) is 30.3 Å². The van der Waals surface area contributed by atoms with Crippen LogP contribution in [0.2, 0.25) is 5.02 Å². The Morgan fingerprint density at radius 1 is 1.29 bits per heavy atom. The lowest BCUT2D eigenvalue weighted by Gasteiger charge is -2.05. The van der Waals surface area contributed by atoms with Crippen LogP contribution in [0.5, 0.6) is 0 Å². The second-order valence-corrected chi connectivity index (χ2v) is 4.03. The molecular formula is C12H14ClN3O. The highest BCUT2D eigenvalue weighted by Crippen LogP contribution is 2.03. The number of benzene rings is 1. The number of aromatic nitrogens is 2. The lowest BCUT2D eigenvalue weighted by atomic mass is 10.2. The second kappa shape index (κ2) is 6.39. The zero-order chi connectivity index (χ0) is 11.9. The normalized spacial score (nSPS) is 10.6. The molecule has 0 atom stereocenters. The number of hydroxylamine groups is 1. The predicted molar refractivity (Wildman–Crippen MR) is 66.5 cm³/mol. The van der Waals surface area contributed by atoms with Crippen LogP contribution in [0.25, 0.3) is 0 Å². The molecule has 0 spiro atoms. The van der Waals surface area contributed by atoms with E-state index >= 15 is 0 Å². The predicted octanol–water partition coefficient (Wildman–Crippen LogP) is 2.26. The van der Waals surface area contributed by atoms with Gasteiger partial charge in [0.2, 0.25) is 0 Å². The molecule has 5 heteroatoms. The standard InChI is InChI=1S/C12H14ClN3O/c13-12-8-14-16(9-12)7-6-15-17-10-11-4-2-1-3-5-11/h1-5,8-9,15H,6-7,10H2. The molecule has 1 heterocycles. The molecular weight excluding hydrogens is 238 g/mol. The summed E-state index contributed by atoms with van der Waals surface area (Å²) in [6.07, 6.45) is 3.40. The molecule has 0 amide bonds. The van der Waals surface area contributed by atoms with Crippen LogP contribution in [0, 0.1) is 0 Å². The van der Waals surface area contributed by atoms with E-state index in [1.165, 1.54) is 0 Å². The van der Waals surface area contributed by atoms with Gasteiger partial charge in [0, 0.05) is 12.7 Å². The summed E-state index contributed by atoms with van der Waals surface area (Å²) in [5.41, 5.74) is 4.03. The summed E-state index contributed by atoms with van der Waals surface area (Å²) >= 11 is 5.75. The summed E-state index contributed by atoms with van der Waals surface area (Å²) in [7, 11) is 0. The Morgan fingerprint density at radius 2 is 2.12 bits per heavy atom. The van der Waals surface area contributed by atoms with E-state index in [0.717, 1.165) is 12.1 Å². The van der Waals surface area contributed by atoms with Crippen LogP contribution >= 0.6 is 11.6 Å². The lowest BCUT2D eigenvalue weighted by molar-refractivity contribution is 0.0258. The quantitative estimate of drug-likeness (QED) is 0.632. The van der Waals surface area contributed by atoms with Crippen LogP contribution in [0.15, 0.2) is 42.7 Å². The summed E-state index contributed by atoms with van der Waals surface area (Å²) in [6, 6.07) is 10.0. The van der Waals surface area contributed by atoms with Gasteiger partial charge in [-0.2, -0.15) is 5.10 Å². The monoisotopic (exact) mass is 251 g/mol. The third-order valence-corrected chi connectivity index (χ3v) is 2.42. The molecule has 90 valence electrons. The highest BCUT2D eigenvalue weighted by molar-refractivity contribution is 6.30. The fourth-order valence-electron chi connectivity index (χ4n) is 1.40. The van der Waals surface area contributed by atoms with Crippen LogP contribution in [0.3, 0.4) is 0 Å². The summed E-state index contributed by atoms with van der Waals surface area (Å²) < 4.78 is 1.77. The average molecular weight is 252 g/mol. The molecule has 0 saturated heterocycles. The van der Waals surface area contributed by atoms with Gasteiger partial charge in [-0.3, -0.25) is 9.52 Å². The number of rotatable bonds is 6. The van der Waals surface area contributed by atoms with E-state index in [9.17, 15) is 0 Å². The Hall–Kier alpha value is -1.36. The molecule has 0 bridgehead atoms. The van der Waals surface area contributed by atoms with E-state index in [1.54, 1.807) is 17.1 Å². The SMILES string of the molecule is Clc1cnn(CCNOCc2ccccc2)c1. The van der Waals surface area contributed by atoms with Crippen LogP contribution < -0.4 is 5.48 Å². The van der Waals surface area contributed by atoms with E-state index in [4.69, 9.17) is 16.4 Å². The van der Waals surface area contributed by atoms with Gasteiger partial charge >= 0.3 is 0 Å². The topological polar surface area (TPSA) is 39.1 Å². The molecule has 1 aromatic carbocycles. The molecule has 0 saturated carbocycles. The first kappa shape index (κ1) is 12.1. The Bertz CT molecular complexity index is 444. The van der Waals surface area contributed by atoms with Crippen molar-refractivity contribution in [1.29, 1.82) is 0 Å². The smallest absolute Gasteiger partial charge is 0.0933 e. The van der Waals surface area contributed by atoms with Crippen molar-refractivity contribution >= 4 is 11.6 Å². The molecule has 0 aliphatic rings. The lowest BCUT2D eigenvalue weighted by Crippen LogP contribution is -2.20. The van der Waals surface area contributed by atoms with Crippen molar-refractivity contribution in [3.8, 4) is 0 Å². The average Bonchev–Trinajstić information content (AvgIpc) is 2.76. The Labute approximate surface area is 105 Å². The Morgan fingerprint density at radius 3 is 2.82 bits per heavy atom. The van der Waals surface area contributed by atoms with E-state index in [0.29, 0.717) is 18.2 Å². The van der Waals surface area contributed by atoms with Gasteiger partial charge < -0.3 is 0 Å². The zero-order valence-corrected chi connectivity index (χ0v) is 10.1. The van der Waals surface area contributed by atoms with Gasteiger partial charge in [0.1, 0.15) is 0 Å². The van der Waals surface area contributed by atoms with Crippen molar-refractivity contribution in [2.24, 2.45) is 0 Å². The number of hydrogen-bond donors (Lipinski definition) is 1. The largest absolute Gasteiger partial charge is 0.297 e. The molecule has 0 fully saturated rings. The molecule has 2 aromatic rings. The summed E-state index contributed by atoms with van der Waals surface area (Å²) in [4.78, 5) is 5.32. The number of halogens is 1. The van der Waals surface area contributed by atoms with Crippen molar-refractivity contribution in [1.82, 2.24) is 15.3 Å². The fraction of sp³-hybridized carbons (Fsp3) is 0.250. The highest BCUT2D eigenvalue weighted by Gasteiger charge is 1.95. The van der Waals surface area contributed by atoms with Crippen molar-refractivity contribution in [2.45, 2.75) is 13.2 Å². The molecule has 0 unspecified atom stereocenters.